The number of amides is 1. The molecule has 1 amide bonds. The molecular formula is C21H23Cl2N3OS. The number of carbonyl (C=O) groups excluding carboxylic acids is 1. The first-order valence-corrected chi connectivity index (χ1v) is 9.98. The van der Waals surface area contributed by atoms with Crippen molar-refractivity contribution in [1.82, 2.24) is 9.88 Å². The zero-order chi connectivity index (χ0) is 19.2. The Labute approximate surface area is 180 Å². The molecule has 0 fully saturated rings. The summed E-state index contributed by atoms with van der Waals surface area (Å²) in [4.78, 5) is 21.4. The van der Waals surface area contributed by atoms with Gasteiger partial charge in [0.1, 0.15) is 0 Å². The van der Waals surface area contributed by atoms with Crippen LogP contribution in [0.1, 0.15) is 12.0 Å². The summed E-state index contributed by atoms with van der Waals surface area (Å²) in [7, 11) is 4.06. The third-order valence-electron chi connectivity index (χ3n) is 4.04. The lowest BCUT2D eigenvalue weighted by atomic mass is 10.2. The zero-order valence-corrected chi connectivity index (χ0v) is 18.2. The number of halogens is 2. The molecule has 1 heterocycles. The lowest BCUT2D eigenvalue weighted by molar-refractivity contribution is -0.114. The Morgan fingerprint density at radius 2 is 1.89 bits per heavy atom. The van der Waals surface area contributed by atoms with Crippen LogP contribution < -0.4 is 4.90 Å². The number of hydrogen-bond donors (Lipinski definition) is 0. The van der Waals surface area contributed by atoms with Gasteiger partial charge >= 0.3 is 0 Å². The number of nitrogens with zero attached hydrogens (tertiary/aromatic N) is 3. The van der Waals surface area contributed by atoms with Crippen LogP contribution >= 0.6 is 35.3 Å². The van der Waals surface area contributed by atoms with Crippen molar-refractivity contribution in [3.8, 4) is 0 Å². The first-order chi connectivity index (χ1) is 13.0. The van der Waals surface area contributed by atoms with Gasteiger partial charge in [-0.3, -0.25) is 9.69 Å². The molecule has 148 valence electrons. The first-order valence-electron chi connectivity index (χ1n) is 8.78. The average molecular weight is 436 g/mol. The normalized spacial score (nSPS) is 11.1. The summed E-state index contributed by atoms with van der Waals surface area (Å²) in [5.74, 6) is -0.0669. The van der Waals surface area contributed by atoms with Crippen LogP contribution in [0.5, 0.6) is 0 Å². The molecule has 0 aliphatic heterocycles. The van der Waals surface area contributed by atoms with E-state index in [0.29, 0.717) is 16.7 Å². The van der Waals surface area contributed by atoms with E-state index in [4.69, 9.17) is 11.6 Å². The zero-order valence-electron chi connectivity index (χ0n) is 15.8. The Morgan fingerprint density at radius 1 is 1.14 bits per heavy atom. The summed E-state index contributed by atoms with van der Waals surface area (Å²) in [6.07, 6.45) is 4.32. The van der Waals surface area contributed by atoms with Crippen molar-refractivity contribution in [3.63, 3.8) is 0 Å². The predicted molar refractivity (Wildman–Crippen MR) is 123 cm³/mol. The summed E-state index contributed by atoms with van der Waals surface area (Å²) >= 11 is 7.58. The van der Waals surface area contributed by atoms with Gasteiger partial charge in [0, 0.05) is 17.6 Å². The number of benzene rings is 2. The highest BCUT2D eigenvalue weighted by Crippen LogP contribution is 2.31. The maximum Gasteiger partial charge on any atom is 0.252 e. The lowest BCUT2D eigenvalue weighted by Gasteiger charge is -2.19. The molecule has 0 bridgehead atoms. The van der Waals surface area contributed by atoms with Gasteiger partial charge in [-0.1, -0.05) is 53.3 Å². The molecule has 3 rings (SSSR count). The monoisotopic (exact) mass is 435 g/mol. The molecule has 0 spiro atoms. The third kappa shape index (κ3) is 6.04. The second-order valence-electron chi connectivity index (χ2n) is 6.50. The minimum absolute atomic E-state index is 0. The molecule has 3 aromatic rings. The van der Waals surface area contributed by atoms with Gasteiger partial charge in [-0.25, -0.2) is 4.98 Å². The Hall–Kier alpha value is -1.92. The number of thiazole rings is 1. The number of carbonyl (C=O) groups is 1. The molecule has 4 nitrogen and oxygen atoms in total. The number of aromatic nitrogens is 1. The summed E-state index contributed by atoms with van der Waals surface area (Å²) in [5.41, 5.74) is 1.85. The maximum atomic E-state index is 12.9. The van der Waals surface area contributed by atoms with E-state index in [1.807, 2.05) is 68.7 Å². The smallest absolute Gasteiger partial charge is 0.252 e. The van der Waals surface area contributed by atoms with E-state index in [1.54, 1.807) is 11.0 Å². The van der Waals surface area contributed by atoms with Gasteiger partial charge in [0.25, 0.3) is 5.91 Å². The van der Waals surface area contributed by atoms with Gasteiger partial charge in [-0.2, -0.15) is 0 Å². The van der Waals surface area contributed by atoms with Crippen molar-refractivity contribution < 1.29 is 4.79 Å². The summed E-state index contributed by atoms with van der Waals surface area (Å²) in [6.45, 7) is 1.52. The molecule has 0 aliphatic carbocycles. The van der Waals surface area contributed by atoms with Crippen molar-refractivity contribution in [2.24, 2.45) is 0 Å². The van der Waals surface area contributed by atoms with Gasteiger partial charge in [0.2, 0.25) is 0 Å². The lowest BCUT2D eigenvalue weighted by Crippen LogP contribution is -2.32. The second-order valence-corrected chi connectivity index (χ2v) is 7.94. The van der Waals surface area contributed by atoms with Crippen molar-refractivity contribution in [2.45, 2.75) is 6.42 Å². The molecule has 1 aromatic heterocycles. The molecule has 7 heteroatoms. The third-order valence-corrected chi connectivity index (χ3v) is 5.32. The molecule has 0 saturated carbocycles. The van der Waals surface area contributed by atoms with Gasteiger partial charge in [-0.15, -0.1) is 12.4 Å². The first kappa shape index (κ1) is 22.4. The fourth-order valence-corrected chi connectivity index (χ4v) is 3.94. The molecule has 0 unspecified atom stereocenters. The number of fused-ring (bicyclic) bond motifs is 1. The van der Waals surface area contributed by atoms with Crippen molar-refractivity contribution in [3.05, 3.63) is 65.2 Å². The van der Waals surface area contributed by atoms with Crippen LogP contribution in [0.4, 0.5) is 5.13 Å². The topological polar surface area (TPSA) is 36.4 Å². The van der Waals surface area contributed by atoms with Gasteiger partial charge in [-0.05, 0) is 56.9 Å². The van der Waals surface area contributed by atoms with Crippen LogP contribution in [0.3, 0.4) is 0 Å². The van der Waals surface area contributed by atoms with Crippen LogP contribution in [0.2, 0.25) is 5.02 Å². The van der Waals surface area contributed by atoms with Crippen molar-refractivity contribution >= 4 is 62.7 Å². The summed E-state index contributed by atoms with van der Waals surface area (Å²) in [6, 6.07) is 15.4. The molecular weight excluding hydrogens is 413 g/mol. The quantitative estimate of drug-likeness (QED) is 0.468. The summed E-state index contributed by atoms with van der Waals surface area (Å²) < 4.78 is 0.981. The van der Waals surface area contributed by atoms with Gasteiger partial charge < -0.3 is 4.90 Å². The minimum Gasteiger partial charge on any atom is -0.309 e. The van der Waals surface area contributed by atoms with Gasteiger partial charge in [0.15, 0.2) is 5.13 Å². The van der Waals surface area contributed by atoms with E-state index in [2.05, 4.69) is 9.88 Å². The van der Waals surface area contributed by atoms with Crippen LogP contribution in [0.15, 0.2) is 54.6 Å². The largest absolute Gasteiger partial charge is 0.309 e. The summed E-state index contributed by atoms with van der Waals surface area (Å²) in [5, 5.41) is 1.38. The molecule has 28 heavy (non-hydrogen) atoms. The van der Waals surface area contributed by atoms with E-state index in [-0.39, 0.29) is 18.3 Å². The molecule has 0 aliphatic rings. The average Bonchev–Trinajstić information content (AvgIpc) is 3.06. The molecule has 0 saturated heterocycles. The fourth-order valence-electron chi connectivity index (χ4n) is 2.67. The Balaban J connectivity index is 0.00000280. The SMILES string of the molecule is CN(C)CCCN(C(=O)/C=C/c1ccccc1)c1nc2ccc(Cl)cc2s1.Cl. The highest BCUT2D eigenvalue weighted by atomic mass is 35.5. The highest BCUT2D eigenvalue weighted by molar-refractivity contribution is 7.22. The fraction of sp³-hybridized carbons (Fsp3) is 0.238. The second kappa shape index (κ2) is 10.6. The molecule has 0 N–H and O–H groups in total. The predicted octanol–water partition coefficient (Wildman–Crippen LogP) is 5.37. The number of anilines is 1. The van der Waals surface area contributed by atoms with Crippen molar-refractivity contribution in [1.29, 1.82) is 0 Å². The molecule has 0 atom stereocenters. The van der Waals surface area contributed by atoms with Crippen molar-refractivity contribution in [2.75, 3.05) is 32.1 Å². The van der Waals surface area contributed by atoms with E-state index in [1.165, 1.54) is 11.3 Å². The minimum atomic E-state index is -0.0669. The number of hydrogen-bond acceptors (Lipinski definition) is 4. The van der Waals surface area contributed by atoms with Crippen LogP contribution in [-0.4, -0.2) is 43.0 Å². The van der Waals surface area contributed by atoms with Crippen LogP contribution in [-0.2, 0) is 4.79 Å². The number of rotatable bonds is 7. The van der Waals surface area contributed by atoms with E-state index in [9.17, 15) is 4.79 Å². The van der Waals surface area contributed by atoms with Crippen LogP contribution in [0.25, 0.3) is 16.3 Å². The Morgan fingerprint density at radius 3 is 2.61 bits per heavy atom. The van der Waals surface area contributed by atoms with E-state index in [0.717, 1.165) is 28.7 Å². The van der Waals surface area contributed by atoms with Crippen LogP contribution in [0, 0.1) is 0 Å². The molecule has 2 aromatic carbocycles. The molecule has 0 radical (unpaired) electrons. The maximum absolute atomic E-state index is 12.9. The Kier molecular flexibility index (Phi) is 8.45. The van der Waals surface area contributed by atoms with E-state index < -0.39 is 0 Å². The standard InChI is InChI=1S/C21H22ClN3OS.ClH/c1-24(2)13-6-14-25(20(26)12-9-16-7-4-3-5-8-16)21-23-18-11-10-17(22)15-19(18)27-21;/h3-5,7-12,15H,6,13-14H2,1-2H3;1H/b12-9+;. The highest BCUT2D eigenvalue weighted by Gasteiger charge is 2.18. The Bertz CT molecular complexity index is 941. The van der Waals surface area contributed by atoms with Gasteiger partial charge in [0.05, 0.1) is 10.2 Å². The van der Waals surface area contributed by atoms with E-state index >= 15 is 0 Å².